The van der Waals surface area contributed by atoms with Gasteiger partial charge in [-0.3, -0.25) is 10.1 Å². The molecule has 0 bridgehead atoms. The Kier molecular flexibility index (Phi) is 9.33. The van der Waals surface area contributed by atoms with E-state index in [1.165, 1.54) is 12.8 Å². The highest BCUT2D eigenvalue weighted by Gasteiger charge is 2.34. The quantitative estimate of drug-likeness (QED) is 0.153. The van der Waals surface area contributed by atoms with Crippen molar-refractivity contribution in [1.82, 2.24) is 15.2 Å². The van der Waals surface area contributed by atoms with Gasteiger partial charge in [-0.05, 0) is 61.4 Å². The predicted octanol–water partition coefficient (Wildman–Crippen LogP) is 7.46. The van der Waals surface area contributed by atoms with Gasteiger partial charge in [0.05, 0.1) is 22.4 Å². The second-order valence-electron chi connectivity index (χ2n) is 11.7. The molecule has 2 aliphatic carbocycles. The molecule has 2 aromatic heterocycles. The molecule has 1 atom stereocenters. The normalized spacial score (nSPS) is 17.8. The van der Waals surface area contributed by atoms with E-state index in [0.717, 1.165) is 78.4 Å². The van der Waals surface area contributed by atoms with Crippen LogP contribution < -0.4 is 10.1 Å². The number of hydrogen-bond acceptors (Lipinski definition) is 8. The van der Waals surface area contributed by atoms with Crippen LogP contribution in [0.1, 0.15) is 87.8 Å². The summed E-state index contributed by atoms with van der Waals surface area (Å²) in [5.74, 6) is 0.352. The van der Waals surface area contributed by atoms with Crippen LogP contribution in [0.4, 0.5) is 5.13 Å². The molecule has 0 saturated heterocycles. The Balaban J connectivity index is 1.16. The molecule has 43 heavy (non-hydrogen) atoms. The van der Waals surface area contributed by atoms with Gasteiger partial charge in [0.25, 0.3) is 0 Å². The van der Waals surface area contributed by atoms with Crippen LogP contribution in [0.3, 0.4) is 0 Å². The average Bonchev–Trinajstić information content (AvgIpc) is 3.36. The van der Waals surface area contributed by atoms with Gasteiger partial charge < -0.3 is 4.74 Å². The van der Waals surface area contributed by atoms with Gasteiger partial charge in [-0.1, -0.05) is 92.7 Å². The fourth-order valence-corrected chi connectivity index (χ4v) is 9.46. The van der Waals surface area contributed by atoms with E-state index in [4.69, 9.17) is 4.74 Å². The first-order chi connectivity index (χ1) is 21.0. The zero-order chi connectivity index (χ0) is 29.6. The largest absolute Gasteiger partial charge is 0.487 e. The molecule has 0 aliphatic heterocycles. The van der Waals surface area contributed by atoms with Crippen molar-refractivity contribution < 1.29 is 17.9 Å². The van der Waals surface area contributed by atoms with E-state index >= 15 is 0 Å². The van der Waals surface area contributed by atoms with E-state index in [1.54, 1.807) is 0 Å². The molecular weight excluding hydrogens is 581 g/mol. The van der Waals surface area contributed by atoms with Gasteiger partial charge in [0.1, 0.15) is 12.4 Å². The summed E-state index contributed by atoms with van der Waals surface area (Å²) < 4.78 is 32.3. The Morgan fingerprint density at radius 3 is 2.33 bits per heavy atom. The number of pyridine rings is 1. The maximum atomic E-state index is 13.8. The molecule has 6 rings (SSSR count). The van der Waals surface area contributed by atoms with E-state index in [9.17, 15) is 13.2 Å². The molecule has 0 spiro atoms. The first-order valence-corrected chi connectivity index (χ1v) is 17.8. The average molecular weight is 619 g/mol. The number of anilines is 1. The van der Waals surface area contributed by atoms with E-state index in [1.807, 2.05) is 60.7 Å². The zero-order valence-electron chi connectivity index (χ0n) is 24.3. The van der Waals surface area contributed by atoms with Crippen molar-refractivity contribution in [2.75, 3.05) is 5.32 Å². The summed E-state index contributed by atoms with van der Waals surface area (Å²) in [7, 11) is -3.54. The van der Waals surface area contributed by atoms with Crippen molar-refractivity contribution in [1.29, 1.82) is 0 Å². The van der Waals surface area contributed by atoms with Crippen molar-refractivity contribution in [3.8, 4) is 5.75 Å². The van der Waals surface area contributed by atoms with Gasteiger partial charge in [0.15, 0.2) is 0 Å². The second-order valence-corrected chi connectivity index (χ2v) is 15.1. The topological polar surface area (TPSA) is 111 Å². The summed E-state index contributed by atoms with van der Waals surface area (Å²) in [5.41, 5.74) is 2.70. The zero-order valence-corrected chi connectivity index (χ0v) is 25.9. The minimum absolute atomic E-state index is 0.00289. The third-order valence-electron chi connectivity index (χ3n) is 8.81. The number of nitrogens with one attached hydrogen (secondary N) is 1. The number of rotatable bonds is 9. The molecule has 2 heterocycles. The number of benzene rings is 2. The highest BCUT2D eigenvalue weighted by molar-refractivity contribution is 7.94. The number of carbonyl (C=O) groups is 1. The van der Waals surface area contributed by atoms with Gasteiger partial charge >= 0.3 is 0 Å². The minimum atomic E-state index is -3.54. The minimum Gasteiger partial charge on any atom is -0.487 e. The van der Waals surface area contributed by atoms with Crippen LogP contribution in [0, 0.1) is 5.92 Å². The van der Waals surface area contributed by atoms with E-state index in [2.05, 4.69) is 20.5 Å². The maximum Gasteiger partial charge on any atom is 0.234 e. The molecule has 10 heteroatoms. The lowest BCUT2D eigenvalue weighted by molar-refractivity contribution is -0.118. The predicted molar refractivity (Wildman–Crippen MR) is 169 cm³/mol. The van der Waals surface area contributed by atoms with Gasteiger partial charge in [-0.15, -0.1) is 10.2 Å². The summed E-state index contributed by atoms with van der Waals surface area (Å²) in [5, 5.41) is 11.9. The smallest absolute Gasteiger partial charge is 0.234 e. The molecule has 0 radical (unpaired) electrons. The number of aromatic nitrogens is 3. The second kappa shape index (κ2) is 13.5. The van der Waals surface area contributed by atoms with Crippen LogP contribution in [0.5, 0.6) is 5.75 Å². The molecule has 2 aliphatic rings. The van der Waals surface area contributed by atoms with Crippen molar-refractivity contribution in [2.24, 2.45) is 5.92 Å². The SMILES string of the molecule is O=C(Nc1nnc(S(=O)(=O)C2CCCCC2)s1)C(c1ccc(OCc2ccc3ccccc3n2)cc1)C1CCCCCC1. The molecule has 4 aromatic rings. The molecule has 226 valence electrons. The fourth-order valence-electron chi connectivity index (χ4n) is 6.48. The monoisotopic (exact) mass is 618 g/mol. The Labute approximate surface area is 257 Å². The van der Waals surface area contributed by atoms with Crippen molar-refractivity contribution >= 4 is 43.1 Å². The third-order valence-corrected chi connectivity index (χ3v) is 12.3. The molecule has 1 N–H and O–H groups in total. The summed E-state index contributed by atoms with van der Waals surface area (Å²) in [4.78, 5) is 18.5. The van der Waals surface area contributed by atoms with Gasteiger partial charge in [0, 0.05) is 5.39 Å². The Morgan fingerprint density at radius 1 is 0.860 bits per heavy atom. The number of para-hydroxylation sites is 1. The Hall–Kier alpha value is -3.37. The van der Waals surface area contributed by atoms with Crippen LogP contribution in [0.2, 0.25) is 0 Å². The number of sulfone groups is 1. The highest BCUT2D eigenvalue weighted by atomic mass is 32.2. The van der Waals surface area contributed by atoms with Crippen LogP contribution >= 0.6 is 11.3 Å². The lowest BCUT2D eigenvalue weighted by Gasteiger charge is -2.25. The van der Waals surface area contributed by atoms with Crippen molar-refractivity contribution in [3.63, 3.8) is 0 Å². The Morgan fingerprint density at radius 2 is 1.56 bits per heavy atom. The number of amides is 1. The molecule has 1 unspecified atom stereocenters. The number of ether oxygens (including phenoxy) is 1. The van der Waals surface area contributed by atoms with Gasteiger partial charge in [0.2, 0.25) is 25.2 Å². The van der Waals surface area contributed by atoms with Crippen molar-refractivity contribution in [2.45, 2.75) is 92.7 Å². The summed E-state index contributed by atoms with van der Waals surface area (Å²) in [6.07, 6.45) is 10.7. The first-order valence-electron chi connectivity index (χ1n) is 15.4. The van der Waals surface area contributed by atoms with Gasteiger partial charge in [-0.2, -0.15) is 0 Å². The van der Waals surface area contributed by atoms with Crippen LogP contribution in [0.15, 0.2) is 65.0 Å². The Bertz CT molecular complexity index is 1640. The molecular formula is C33H38N4O4S2. The standard InChI is InChI=1S/C33H38N4O4S2/c38-31(35-32-36-37-33(42-32)43(39,40)28-13-6-3-7-14-28)30(24-11-4-1-2-5-12-24)25-17-20-27(21-18-25)41-22-26-19-16-23-10-8-9-15-29(23)34-26/h8-10,15-21,24,28,30H,1-7,11-14,22H2,(H,35,36,38). The summed E-state index contributed by atoms with van der Waals surface area (Å²) in [6.45, 7) is 0.347. The summed E-state index contributed by atoms with van der Waals surface area (Å²) in [6, 6.07) is 19.8. The summed E-state index contributed by atoms with van der Waals surface area (Å²) >= 11 is 0.965. The molecule has 1 amide bonds. The number of nitrogens with zero attached hydrogens (tertiary/aromatic N) is 3. The number of fused-ring (bicyclic) bond motifs is 1. The molecule has 8 nitrogen and oxygen atoms in total. The van der Waals surface area contributed by atoms with Gasteiger partial charge in [-0.25, -0.2) is 13.4 Å². The lowest BCUT2D eigenvalue weighted by Crippen LogP contribution is -2.27. The maximum absolute atomic E-state index is 13.8. The van der Waals surface area contributed by atoms with Crippen LogP contribution in [-0.4, -0.2) is 34.8 Å². The lowest BCUT2D eigenvalue weighted by atomic mass is 9.80. The van der Waals surface area contributed by atoms with Crippen LogP contribution in [0.25, 0.3) is 10.9 Å². The first kappa shape index (κ1) is 29.7. The third kappa shape index (κ3) is 7.07. The van der Waals surface area contributed by atoms with E-state index in [-0.39, 0.29) is 27.2 Å². The highest BCUT2D eigenvalue weighted by Crippen LogP contribution is 2.38. The molecule has 2 fully saturated rings. The van der Waals surface area contributed by atoms with Crippen LogP contribution in [-0.2, 0) is 21.2 Å². The number of hydrogen-bond donors (Lipinski definition) is 1. The molecule has 2 saturated carbocycles. The van der Waals surface area contributed by atoms with Crippen molar-refractivity contribution in [3.05, 3.63) is 71.9 Å². The molecule has 2 aromatic carbocycles. The fraction of sp³-hybridized carbons (Fsp3) is 0.455. The van der Waals surface area contributed by atoms with E-state index < -0.39 is 15.1 Å². The van der Waals surface area contributed by atoms with E-state index in [0.29, 0.717) is 25.2 Å². The number of carbonyl (C=O) groups excluding carboxylic acids is 1.